The molecule has 98 valence electrons. The zero-order chi connectivity index (χ0) is 13.6. The smallest absolute Gasteiger partial charge is 1.00 e. The van der Waals surface area contributed by atoms with Crippen LogP contribution in [0.25, 0.3) is 0 Å². The number of nitrogens with one attached hydrogen (secondary N) is 1. The molecule has 0 radical (unpaired) electrons. The second-order valence-electron chi connectivity index (χ2n) is 3.10. The maximum absolute atomic E-state index is 10.7. The Bertz CT molecular complexity index is 336. The van der Waals surface area contributed by atoms with Gasteiger partial charge in [0.05, 0.1) is 0 Å². The summed E-state index contributed by atoms with van der Waals surface area (Å²) in [6.45, 7) is 0. The van der Waals surface area contributed by atoms with E-state index in [-0.39, 0.29) is 31.0 Å². The largest absolute Gasteiger partial charge is 1.00 e. The van der Waals surface area contributed by atoms with Crippen molar-refractivity contribution in [1.82, 2.24) is 5.32 Å². The molecule has 0 heterocycles. The van der Waals surface area contributed by atoms with Crippen molar-refractivity contribution in [2.24, 2.45) is 0 Å². The number of carboxylic acid groups (broad SMARTS) is 4. The molecule has 0 aliphatic carbocycles. The molecule has 0 rings (SSSR count). The average molecular weight is 273 g/mol. The van der Waals surface area contributed by atoms with Crippen LogP contribution in [0, 0.1) is 0 Å². The molecule has 0 saturated heterocycles. The van der Waals surface area contributed by atoms with Crippen molar-refractivity contribution in [3.8, 4) is 0 Å². The SMILES string of the molecule is O=C(O)CCC(NC(C(=O)O)C(=O)O)C(=O)O.[H-].[Na+]. The van der Waals surface area contributed by atoms with Crippen LogP contribution in [0.4, 0.5) is 0 Å². The van der Waals surface area contributed by atoms with Gasteiger partial charge >= 0.3 is 53.4 Å². The molecule has 0 aliphatic rings. The Morgan fingerprint density at radius 1 is 0.944 bits per heavy atom. The molecule has 0 saturated carbocycles. The first-order valence-electron chi connectivity index (χ1n) is 4.42. The first kappa shape index (κ1) is 19.2. The third kappa shape index (κ3) is 7.22. The third-order valence-electron chi connectivity index (χ3n) is 1.81. The van der Waals surface area contributed by atoms with E-state index in [1.807, 2.05) is 5.32 Å². The summed E-state index contributed by atoms with van der Waals surface area (Å²) in [6.07, 6.45) is -0.933. The predicted octanol–water partition coefficient (Wildman–Crippen LogP) is -4.45. The van der Waals surface area contributed by atoms with Gasteiger partial charge in [-0.15, -0.1) is 0 Å². The molecule has 0 fully saturated rings. The summed E-state index contributed by atoms with van der Waals surface area (Å²) in [5.41, 5.74) is 0. The molecule has 10 heteroatoms. The summed E-state index contributed by atoms with van der Waals surface area (Å²) >= 11 is 0. The molecule has 0 bridgehead atoms. The monoisotopic (exact) mass is 273 g/mol. The number of hydrogen-bond acceptors (Lipinski definition) is 5. The molecule has 0 aromatic carbocycles. The molecule has 1 unspecified atom stereocenters. The number of carbonyl (C=O) groups is 4. The summed E-state index contributed by atoms with van der Waals surface area (Å²) in [5, 5.41) is 35.8. The Labute approximate surface area is 125 Å². The van der Waals surface area contributed by atoms with Crippen LogP contribution < -0.4 is 34.9 Å². The van der Waals surface area contributed by atoms with Crippen LogP contribution in [0.3, 0.4) is 0 Å². The standard InChI is InChI=1S/C8H11NO8.Na.H/c10-4(11)2-1-3(6(12)13)9-5(7(14)15)8(16)17;;/h3,5,9H,1-2H2,(H,10,11)(H,12,13)(H,14,15)(H,16,17);;/q;+1;-1. The van der Waals surface area contributed by atoms with Crippen LogP contribution in [-0.4, -0.2) is 56.4 Å². The minimum atomic E-state index is -2.09. The van der Waals surface area contributed by atoms with Gasteiger partial charge < -0.3 is 21.9 Å². The van der Waals surface area contributed by atoms with E-state index in [2.05, 4.69) is 0 Å². The summed E-state index contributed by atoms with van der Waals surface area (Å²) in [6, 6.07) is -3.65. The fraction of sp³-hybridized carbons (Fsp3) is 0.500. The maximum atomic E-state index is 10.7. The summed E-state index contributed by atoms with van der Waals surface area (Å²) < 4.78 is 0. The van der Waals surface area contributed by atoms with Crippen molar-refractivity contribution in [2.45, 2.75) is 24.9 Å². The normalized spacial score (nSPS) is 11.4. The van der Waals surface area contributed by atoms with E-state index < -0.39 is 48.8 Å². The minimum Gasteiger partial charge on any atom is -1.00 e. The zero-order valence-corrected chi connectivity index (χ0v) is 11.5. The van der Waals surface area contributed by atoms with Gasteiger partial charge in [0.15, 0.2) is 0 Å². The molecular formula is C8H12NNaO8. The molecule has 9 nitrogen and oxygen atoms in total. The predicted molar refractivity (Wildman–Crippen MR) is 51.6 cm³/mol. The molecular weight excluding hydrogens is 261 g/mol. The average Bonchev–Trinajstić information content (AvgIpc) is 2.15. The van der Waals surface area contributed by atoms with Crippen molar-refractivity contribution < 1.29 is 70.6 Å². The molecule has 0 aromatic rings. The first-order chi connectivity index (χ1) is 7.75. The van der Waals surface area contributed by atoms with Crippen LogP contribution >= 0.6 is 0 Å². The number of carboxylic acids is 4. The fourth-order valence-corrected chi connectivity index (χ4v) is 0.995. The van der Waals surface area contributed by atoms with Crippen molar-refractivity contribution in [3.63, 3.8) is 0 Å². The Morgan fingerprint density at radius 2 is 1.39 bits per heavy atom. The number of rotatable bonds is 8. The van der Waals surface area contributed by atoms with Gasteiger partial charge in [-0.1, -0.05) is 0 Å². The van der Waals surface area contributed by atoms with Gasteiger partial charge in [0.1, 0.15) is 6.04 Å². The summed E-state index contributed by atoms with van der Waals surface area (Å²) in [5.74, 6) is -6.28. The Hall–Kier alpha value is -1.16. The Balaban J connectivity index is -0.00000128. The zero-order valence-electron chi connectivity index (χ0n) is 10.5. The van der Waals surface area contributed by atoms with Gasteiger partial charge in [-0.3, -0.25) is 14.9 Å². The quantitative estimate of drug-likeness (QED) is 0.217. The van der Waals surface area contributed by atoms with Crippen LogP contribution in [0.1, 0.15) is 14.3 Å². The molecule has 0 aliphatic heterocycles. The van der Waals surface area contributed by atoms with Gasteiger partial charge in [-0.05, 0) is 6.42 Å². The van der Waals surface area contributed by atoms with Crippen LogP contribution in [0.2, 0.25) is 0 Å². The second kappa shape index (κ2) is 8.86. The van der Waals surface area contributed by atoms with Crippen LogP contribution in [0.5, 0.6) is 0 Å². The van der Waals surface area contributed by atoms with Crippen molar-refractivity contribution >= 4 is 23.9 Å². The Kier molecular flexibility index (Phi) is 9.45. The number of hydrogen-bond donors (Lipinski definition) is 5. The second-order valence-corrected chi connectivity index (χ2v) is 3.10. The number of aliphatic carboxylic acids is 4. The topological polar surface area (TPSA) is 161 Å². The van der Waals surface area contributed by atoms with E-state index in [9.17, 15) is 19.2 Å². The molecule has 0 amide bonds. The Morgan fingerprint density at radius 3 is 1.67 bits per heavy atom. The van der Waals surface area contributed by atoms with E-state index in [1.54, 1.807) is 0 Å². The molecule has 18 heavy (non-hydrogen) atoms. The van der Waals surface area contributed by atoms with Crippen molar-refractivity contribution in [2.75, 3.05) is 0 Å². The first-order valence-corrected chi connectivity index (χ1v) is 4.42. The summed E-state index contributed by atoms with van der Waals surface area (Å²) in [4.78, 5) is 41.8. The molecule has 0 aromatic heterocycles. The fourth-order valence-electron chi connectivity index (χ4n) is 0.995. The minimum absolute atomic E-state index is 0. The third-order valence-corrected chi connectivity index (χ3v) is 1.81. The van der Waals surface area contributed by atoms with Crippen LogP contribution in [-0.2, 0) is 19.2 Å². The van der Waals surface area contributed by atoms with Gasteiger partial charge in [0.2, 0.25) is 6.04 Å². The van der Waals surface area contributed by atoms with E-state index >= 15 is 0 Å². The van der Waals surface area contributed by atoms with Gasteiger partial charge in [0.25, 0.3) is 0 Å². The molecule has 0 spiro atoms. The van der Waals surface area contributed by atoms with E-state index in [0.717, 1.165) is 0 Å². The van der Waals surface area contributed by atoms with Gasteiger partial charge in [-0.2, -0.15) is 0 Å². The van der Waals surface area contributed by atoms with E-state index in [1.165, 1.54) is 0 Å². The molecule has 5 N–H and O–H groups in total. The van der Waals surface area contributed by atoms with Gasteiger partial charge in [-0.25, -0.2) is 9.59 Å². The van der Waals surface area contributed by atoms with E-state index in [0.29, 0.717) is 0 Å². The van der Waals surface area contributed by atoms with Crippen LogP contribution in [0.15, 0.2) is 0 Å². The molecule has 1 atom stereocenters. The van der Waals surface area contributed by atoms with E-state index in [4.69, 9.17) is 20.4 Å². The van der Waals surface area contributed by atoms with Crippen molar-refractivity contribution in [1.29, 1.82) is 0 Å². The van der Waals surface area contributed by atoms with Crippen molar-refractivity contribution in [3.05, 3.63) is 0 Å². The maximum Gasteiger partial charge on any atom is 1.00 e. The summed E-state index contributed by atoms with van der Waals surface area (Å²) in [7, 11) is 0. The van der Waals surface area contributed by atoms with Gasteiger partial charge in [0, 0.05) is 6.42 Å².